The van der Waals surface area contributed by atoms with Gasteiger partial charge in [0.15, 0.2) is 0 Å². The molecule has 0 amide bonds. The first-order valence-electron chi connectivity index (χ1n) is 5.95. The summed E-state index contributed by atoms with van der Waals surface area (Å²) in [4.78, 5) is 10.7. The van der Waals surface area contributed by atoms with Crippen LogP contribution in [-0.2, 0) is 9.53 Å². The monoisotopic (exact) mass is 212 g/mol. The Kier molecular flexibility index (Phi) is 8.06. The van der Waals surface area contributed by atoms with Gasteiger partial charge in [-0.1, -0.05) is 39.5 Å². The molecule has 0 fully saturated rings. The Morgan fingerprint density at radius 3 is 2.47 bits per heavy atom. The second kappa shape index (κ2) is 8.51. The molecule has 0 saturated heterocycles. The lowest BCUT2D eigenvalue weighted by atomic mass is 9.96. The summed E-state index contributed by atoms with van der Waals surface area (Å²) >= 11 is 0. The molecule has 0 heterocycles. The second-order valence-corrected chi connectivity index (χ2v) is 4.06. The number of hydrogen-bond donors (Lipinski definition) is 0. The number of allylic oxidation sites excluding steroid dienone is 2. The quantitative estimate of drug-likeness (QED) is 0.470. The molecular weight excluding hydrogens is 188 g/mol. The van der Waals surface area contributed by atoms with Crippen LogP contribution in [-0.4, -0.2) is 5.97 Å². The van der Waals surface area contributed by atoms with Crippen LogP contribution in [0.25, 0.3) is 0 Å². The fourth-order valence-corrected chi connectivity index (χ4v) is 1.58. The van der Waals surface area contributed by atoms with Gasteiger partial charge in [0.2, 0.25) is 0 Å². The molecule has 1 unspecified atom stereocenters. The molecule has 0 aliphatic heterocycles. The summed E-state index contributed by atoms with van der Waals surface area (Å²) in [5.74, 6) is 1.23. The van der Waals surface area contributed by atoms with E-state index in [0.717, 1.165) is 18.1 Å². The van der Waals surface area contributed by atoms with Gasteiger partial charge in [-0.2, -0.15) is 0 Å². The molecule has 2 heteroatoms. The van der Waals surface area contributed by atoms with Gasteiger partial charge in [0.05, 0.1) is 0 Å². The number of rotatable bonds is 7. The Hall–Kier alpha value is -0.790. The lowest BCUT2D eigenvalue weighted by Gasteiger charge is -2.12. The van der Waals surface area contributed by atoms with Crippen LogP contribution in [0, 0.1) is 5.92 Å². The molecule has 0 aromatic heterocycles. The van der Waals surface area contributed by atoms with Gasteiger partial charge in [0.25, 0.3) is 0 Å². The van der Waals surface area contributed by atoms with Crippen LogP contribution in [0.15, 0.2) is 11.8 Å². The first-order valence-corrected chi connectivity index (χ1v) is 5.95. The van der Waals surface area contributed by atoms with Crippen molar-refractivity contribution in [3.8, 4) is 0 Å². The summed E-state index contributed by atoms with van der Waals surface area (Å²) in [6.07, 6.45) is 8.07. The Balaban J connectivity index is 3.90. The van der Waals surface area contributed by atoms with E-state index in [0.29, 0.717) is 0 Å². The first-order chi connectivity index (χ1) is 7.10. The van der Waals surface area contributed by atoms with Crippen molar-refractivity contribution in [3.05, 3.63) is 11.8 Å². The topological polar surface area (TPSA) is 26.3 Å². The highest BCUT2D eigenvalue weighted by molar-refractivity contribution is 5.67. The molecule has 0 rings (SSSR count). The zero-order valence-corrected chi connectivity index (χ0v) is 10.5. The summed E-state index contributed by atoms with van der Waals surface area (Å²) in [5.41, 5.74) is 0. The molecule has 88 valence electrons. The smallest absolute Gasteiger partial charge is 0.307 e. The summed E-state index contributed by atoms with van der Waals surface area (Å²) in [6, 6.07) is 0. The summed E-state index contributed by atoms with van der Waals surface area (Å²) in [7, 11) is 0. The maximum atomic E-state index is 10.7. The SMILES string of the molecule is CCCCC(CC)CC=C(C)OC(C)=O. The van der Waals surface area contributed by atoms with E-state index >= 15 is 0 Å². The Morgan fingerprint density at radius 2 is 2.00 bits per heavy atom. The minimum absolute atomic E-state index is 0.231. The van der Waals surface area contributed by atoms with Crippen molar-refractivity contribution in [2.75, 3.05) is 0 Å². The van der Waals surface area contributed by atoms with Crippen molar-refractivity contribution in [2.24, 2.45) is 5.92 Å². The molecule has 0 radical (unpaired) electrons. The number of carbonyl (C=O) groups excluding carboxylic acids is 1. The zero-order valence-electron chi connectivity index (χ0n) is 10.5. The Labute approximate surface area is 93.7 Å². The maximum Gasteiger partial charge on any atom is 0.307 e. The van der Waals surface area contributed by atoms with E-state index in [9.17, 15) is 4.79 Å². The molecule has 0 aromatic rings. The molecule has 0 N–H and O–H groups in total. The lowest BCUT2D eigenvalue weighted by molar-refractivity contribution is -0.136. The average molecular weight is 212 g/mol. The fraction of sp³-hybridized carbons (Fsp3) is 0.769. The highest BCUT2D eigenvalue weighted by Gasteiger charge is 2.04. The molecule has 0 bridgehead atoms. The van der Waals surface area contributed by atoms with Gasteiger partial charge < -0.3 is 4.74 Å². The largest absolute Gasteiger partial charge is 0.432 e. The van der Waals surface area contributed by atoms with Crippen molar-refractivity contribution >= 4 is 5.97 Å². The first kappa shape index (κ1) is 14.2. The van der Waals surface area contributed by atoms with Gasteiger partial charge in [0.1, 0.15) is 5.76 Å². The molecule has 0 aliphatic rings. The predicted molar refractivity (Wildman–Crippen MR) is 63.4 cm³/mol. The van der Waals surface area contributed by atoms with Crippen molar-refractivity contribution in [3.63, 3.8) is 0 Å². The third-order valence-electron chi connectivity index (χ3n) is 2.59. The van der Waals surface area contributed by atoms with E-state index in [2.05, 4.69) is 13.8 Å². The van der Waals surface area contributed by atoms with E-state index in [1.54, 1.807) is 0 Å². The molecule has 1 atom stereocenters. The molecule has 15 heavy (non-hydrogen) atoms. The number of unbranched alkanes of at least 4 members (excludes halogenated alkanes) is 1. The van der Waals surface area contributed by atoms with Crippen LogP contribution in [0.3, 0.4) is 0 Å². The average Bonchev–Trinajstić information content (AvgIpc) is 2.17. The fourth-order valence-electron chi connectivity index (χ4n) is 1.58. The molecular formula is C13H24O2. The molecule has 0 spiro atoms. The van der Waals surface area contributed by atoms with Crippen LogP contribution in [0.1, 0.15) is 59.8 Å². The minimum atomic E-state index is -0.231. The molecule has 2 nitrogen and oxygen atoms in total. The number of esters is 1. The summed E-state index contributed by atoms with van der Waals surface area (Å²) < 4.78 is 4.97. The second-order valence-electron chi connectivity index (χ2n) is 4.06. The van der Waals surface area contributed by atoms with Crippen LogP contribution in [0.4, 0.5) is 0 Å². The highest BCUT2D eigenvalue weighted by atomic mass is 16.5. The van der Waals surface area contributed by atoms with Gasteiger partial charge in [-0.05, 0) is 25.3 Å². The summed E-state index contributed by atoms with van der Waals surface area (Å²) in [5, 5.41) is 0. The van der Waals surface area contributed by atoms with E-state index in [1.165, 1.54) is 32.6 Å². The van der Waals surface area contributed by atoms with E-state index in [1.807, 2.05) is 13.0 Å². The number of carbonyl (C=O) groups is 1. The molecule has 0 aliphatic carbocycles. The van der Waals surface area contributed by atoms with Crippen molar-refractivity contribution in [1.29, 1.82) is 0 Å². The zero-order chi connectivity index (χ0) is 11.7. The molecule has 0 aromatic carbocycles. The van der Waals surface area contributed by atoms with Gasteiger partial charge in [-0.15, -0.1) is 0 Å². The Morgan fingerprint density at radius 1 is 1.33 bits per heavy atom. The molecule has 0 saturated carbocycles. The number of ether oxygens (including phenoxy) is 1. The van der Waals surface area contributed by atoms with Crippen LogP contribution < -0.4 is 0 Å². The standard InChI is InChI=1S/C13H24O2/c1-5-7-8-13(6-2)10-9-11(3)15-12(4)14/h9,13H,5-8,10H2,1-4H3. The van der Waals surface area contributed by atoms with Crippen molar-refractivity contribution < 1.29 is 9.53 Å². The third kappa shape index (κ3) is 8.22. The van der Waals surface area contributed by atoms with Gasteiger partial charge in [-0.3, -0.25) is 4.79 Å². The minimum Gasteiger partial charge on any atom is -0.432 e. The highest BCUT2D eigenvalue weighted by Crippen LogP contribution is 2.18. The van der Waals surface area contributed by atoms with Gasteiger partial charge in [0, 0.05) is 6.92 Å². The van der Waals surface area contributed by atoms with Crippen LogP contribution in [0.5, 0.6) is 0 Å². The summed E-state index contributed by atoms with van der Waals surface area (Å²) in [6.45, 7) is 7.71. The van der Waals surface area contributed by atoms with Crippen LogP contribution in [0.2, 0.25) is 0 Å². The van der Waals surface area contributed by atoms with E-state index in [4.69, 9.17) is 4.74 Å². The predicted octanol–water partition coefficient (Wildman–Crippen LogP) is 4.06. The van der Waals surface area contributed by atoms with Crippen LogP contribution >= 0.6 is 0 Å². The maximum absolute atomic E-state index is 10.7. The third-order valence-corrected chi connectivity index (χ3v) is 2.59. The lowest BCUT2D eigenvalue weighted by Crippen LogP contribution is -2.00. The van der Waals surface area contributed by atoms with Crippen molar-refractivity contribution in [2.45, 2.75) is 59.8 Å². The number of hydrogen-bond acceptors (Lipinski definition) is 2. The van der Waals surface area contributed by atoms with Crippen molar-refractivity contribution in [1.82, 2.24) is 0 Å². The van der Waals surface area contributed by atoms with Gasteiger partial charge in [-0.25, -0.2) is 0 Å². The van der Waals surface area contributed by atoms with Gasteiger partial charge >= 0.3 is 5.97 Å². The van der Waals surface area contributed by atoms with E-state index < -0.39 is 0 Å². The Bertz CT molecular complexity index is 207. The normalized spacial score (nSPS) is 13.7. The van der Waals surface area contributed by atoms with E-state index in [-0.39, 0.29) is 5.97 Å².